The molecule has 4 aliphatic rings. The molecule has 0 saturated carbocycles. The van der Waals surface area contributed by atoms with Crippen molar-refractivity contribution in [3.05, 3.63) is 338 Å². The maximum absolute atomic E-state index is 12.7. The van der Waals surface area contributed by atoms with Crippen LogP contribution in [-0.4, -0.2) is 216 Å². The molecule has 0 bridgehead atoms. The predicted octanol–water partition coefficient (Wildman–Crippen LogP) is 26.8. The van der Waals surface area contributed by atoms with Crippen LogP contribution in [0.5, 0.6) is 23.4 Å². The number of hydrogen-bond acceptors (Lipinski definition) is 16. The maximum atomic E-state index is 12.7. The molecule has 0 unspecified atom stereocenters. The van der Waals surface area contributed by atoms with E-state index in [2.05, 4.69) is 257 Å². The third-order valence-corrected chi connectivity index (χ3v) is 30.4. The Kier molecular flexibility index (Phi) is 38.9. The standard InChI is InChI=1S/C32H35ClF3N3O2.C31H36ClN3O.C30H35ClN4O.C29H34ClN5O/c1-2-3-15-39-23-29(24-7-11-28(12-8-24)41-32(34,35)36)31-25(5-4-6-30(31)39)22-38-18-16-37(17-19-38)20-21-40-27-13-9-26(33)10-14-27;1-2-3-14-35-22-29(26-11-8-24(23-36)9-12-26)28-19-25(10-13-31(28)35)20-33-15-17-34(18-16-33)21-27-6-4-5-7-30(27)32;1-3-4-13-35-22-27(24-10-12-30(36-2)32-19-24)26-18-23(9-11-29(26)35)20-33-14-16-34(17-15-33)21-25-7-5-6-8-28(25)31;1-3-4-11-35-21-26(24-17-31-29(36-2)32-18-24)25-16-22(9-10-28(25)35)19-33-12-14-34(15-13-33)20-23-7-5-6-8-27(23)30/h4-14,23H,2-3,15-22H2,1H3;4-13,19,22,36H,2-3,14-18,20-21,23H2,1H3;5-12,18-19,22H,3-4,13-17,20-21H2,1-2H3;5-10,16-18,21H,3-4,11-15,19-20H2,1-2H3. The van der Waals surface area contributed by atoms with Crippen molar-refractivity contribution in [3.8, 4) is 67.9 Å². The van der Waals surface area contributed by atoms with Crippen molar-refractivity contribution in [1.29, 1.82) is 0 Å². The van der Waals surface area contributed by atoms with Gasteiger partial charge < -0.3 is 42.3 Å². The molecule has 4 saturated heterocycles. The highest BCUT2D eigenvalue weighted by atomic mass is 35.5. The van der Waals surface area contributed by atoms with Gasteiger partial charge >= 0.3 is 12.4 Å². The number of aromatic nitrogens is 7. The maximum Gasteiger partial charge on any atom is 0.573 e. The number of aryl methyl sites for hydroxylation is 4. The Hall–Kier alpha value is -11.6. The van der Waals surface area contributed by atoms with Gasteiger partial charge in [-0.25, -0.2) is 15.0 Å². The molecule has 10 aromatic carbocycles. The average Bonchev–Trinajstić information content (AvgIpc) is 1.62. The molecule has 782 valence electrons. The van der Waals surface area contributed by atoms with Gasteiger partial charge in [0, 0.05) is 330 Å². The molecule has 16 aromatic rings. The number of alkyl halides is 3. The number of aliphatic hydroxyl groups is 1. The summed E-state index contributed by atoms with van der Waals surface area (Å²) < 4.78 is 67.9. The molecule has 20 rings (SSSR count). The average molecular weight is 2100 g/mol. The summed E-state index contributed by atoms with van der Waals surface area (Å²) in [6.07, 6.45) is 19.1. The Bertz CT molecular complexity index is 6470. The summed E-state index contributed by atoms with van der Waals surface area (Å²) in [5.41, 5.74) is 23.8. The first-order valence-corrected chi connectivity index (χ1v) is 54.5. The van der Waals surface area contributed by atoms with Crippen LogP contribution in [0.4, 0.5) is 13.2 Å². The molecule has 20 nitrogen and oxygen atoms in total. The van der Waals surface area contributed by atoms with Gasteiger partial charge in [-0.2, -0.15) is 0 Å². The van der Waals surface area contributed by atoms with Gasteiger partial charge in [0.1, 0.15) is 18.1 Å². The molecular weight excluding hydrogens is 1950 g/mol. The number of halogens is 7. The number of benzene rings is 10. The lowest BCUT2D eigenvalue weighted by atomic mass is 10.00. The zero-order valence-corrected chi connectivity index (χ0v) is 89.8. The zero-order valence-electron chi connectivity index (χ0n) is 86.8. The number of nitrogens with zero attached hydrogens (tertiary/aromatic N) is 15. The van der Waals surface area contributed by atoms with Gasteiger partial charge in [-0.05, 0) is 184 Å². The van der Waals surface area contributed by atoms with Gasteiger partial charge in [-0.1, -0.05) is 221 Å². The molecule has 6 aromatic heterocycles. The molecule has 27 heteroatoms. The van der Waals surface area contributed by atoms with E-state index in [4.69, 9.17) is 60.6 Å². The van der Waals surface area contributed by atoms with Crippen LogP contribution in [0.1, 0.15) is 124 Å². The Morgan fingerprint density at radius 1 is 0.322 bits per heavy atom. The van der Waals surface area contributed by atoms with Crippen molar-refractivity contribution in [2.45, 2.75) is 164 Å². The molecule has 149 heavy (non-hydrogen) atoms. The van der Waals surface area contributed by atoms with Crippen LogP contribution in [0.2, 0.25) is 20.1 Å². The van der Waals surface area contributed by atoms with Gasteiger partial charge in [0.2, 0.25) is 5.88 Å². The molecule has 1 N–H and O–H groups in total. The van der Waals surface area contributed by atoms with Crippen molar-refractivity contribution < 1.29 is 37.2 Å². The fraction of sp³-hybridized carbons (Fsp3) is 0.369. The molecule has 4 fully saturated rings. The first-order valence-electron chi connectivity index (χ1n) is 53.0. The van der Waals surface area contributed by atoms with Crippen LogP contribution in [0.15, 0.2) is 274 Å². The van der Waals surface area contributed by atoms with E-state index in [0.717, 1.165) is 262 Å². The van der Waals surface area contributed by atoms with Crippen LogP contribution < -0.4 is 18.9 Å². The number of unbranched alkanes of at least 4 members (excludes halogenated alkanes) is 4. The summed E-state index contributed by atoms with van der Waals surface area (Å²) in [4.78, 5) is 33.2. The van der Waals surface area contributed by atoms with E-state index in [9.17, 15) is 18.3 Å². The highest BCUT2D eigenvalue weighted by molar-refractivity contribution is 6.32. The van der Waals surface area contributed by atoms with E-state index < -0.39 is 6.36 Å². The van der Waals surface area contributed by atoms with E-state index in [1.54, 1.807) is 26.4 Å². The molecule has 10 heterocycles. The predicted molar refractivity (Wildman–Crippen MR) is 603 cm³/mol. The van der Waals surface area contributed by atoms with Crippen molar-refractivity contribution in [1.82, 2.24) is 72.4 Å². The molecule has 0 spiro atoms. The summed E-state index contributed by atoms with van der Waals surface area (Å²) in [7, 11) is 3.25. The largest absolute Gasteiger partial charge is 0.573 e. The topological polar surface area (TPSA) is 141 Å². The van der Waals surface area contributed by atoms with E-state index in [0.29, 0.717) is 23.5 Å². The van der Waals surface area contributed by atoms with Crippen molar-refractivity contribution in [3.63, 3.8) is 0 Å². The van der Waals surface area contributed by atoms with Crippen LogP contribution >= 0.6 is 46.4 Å². The summed E-state index contributed by atoms with van der Waals surface area (Å²) >= 11 is 25.1. The number of rotatable bonds is 38. The molecule has 0 atom stereocenters. The van der Waals surface area contributed by atoms with Crippen LogP contribution in [-0.2, 0) is 78.6 Å². The van der Waals surface area contributed by atoms with Gasteiger partial charge in [-0.3, -0.25) is 39.2 Å². The summed E-state index contributed by atoms with van der Waals surface area (Å²) in [5, 5.41) is 17.8. The van der Waals surface area contributed by atoms with Crippen molar-refractivity contribution in [2.24, 2.45) is 0 Å². The lowest BCUT2D eigenvalue weighted by molar-refractivity contribution is -0.274. The minimum absolute atomic E-state index is 0.0777. The quantitative estimate of drug-likeness (QED) is 0.0392. The molecule has 0 radical (unpaired) electrons. The highest BCUT2D eigenvalue weighted by Crippen LogP contribution is 2.41. The Labute approximate surface area is 896 Å². The molecular formula is C122H140Cl4F3N15O5. The third kappa shape index (κ3) is 29.4. The zero-order chi connectivity index (χ0) is 104. The second-order valence-corrected chi connectivity index (χ2v) is 41.2. The van der Waals surface area contributed by atoms with Gasteiger partial charge in [0.05, 0.1) is 20.8 Å². The number of methoxy groups -OCH3 is 2. The summed E-state index contributed by atoms with van der Waals surface area (Å²) in [6, 6.07) is 78.2. The fourth-order valence-corrected chi connectivity index (χ4v) is 21.3. The number of fused-ring (bicyclic) bond motifs is 4. The fourth-order valence-electron chi connectivity index (χ4n) is 20.6. The lowest BCUT2D eigenvalue weighted by Crippen LogP contribution is -2.47. The molecule has 0 amide bonds. The summed E-state index contributed by atoms with van der Waals surface area (Å²) in [5.74, 6) is 1.25. The number of pyridine rings is 1. The van der Waals surface area contributed by atoms with Gasteiger partial charge in [0.15, 0.2) is 0 Å². The van der Waals surface area contributed by atoms with E-state index in [1.165, 1.54) is 138 Å². The minimum atomic E-state index is -4.71. The van der Waals surface area contributed by atoms with Gasteiger partial charge in [-0.15, -0.1) is 13.2 Å². The number of ether oxygens (including phenoxy) is 4. The summed E-state index contributed by atoms with van der Waals surface area (Å²) in [6.45, 7) is 37.4. The van der Waals surface area contributed by atoms with Crippen LogP contribution in [0.3, 0.4) is 0 Å². The number of aliphatic hydroxyl groups excluding tert-OH is 1. The Morgan fingerprint density at radius 3 is 1.07 bits per heavy atom. The Morgan fingerprint density at radius 2 is 0.671 bits per heavy atom. The second-order valence-electron chi connectivity index (χ2n) is 39.6. The van der Waals surface area contributed by atoms with Crippen molar-refractivity contribution >= 4 is 90.0 Å². The Balaban J connectivity index is 0.000000136. The minimum Gasteiger partial charge on any atom is -0.492 e. The third-order valence-electron chi connectivity index (χ3n) is 29.1. The van der Waals surface area contributed by atoms with Crippen LogP contribution in [0.25, 0.3) is 88.1 Å². The number of piperazine rings is 4. The van der Waals surface area contributed by atoms with Crippen LogP contribution in [0, 0.1) is 0 Å². The van der Waals surface area contributed by atoms with E-state index in [1.807, 2.05) is 97.5 Å². The smallest absolute Gasteiger partial charge is 0.492 e. The number of hydrogen-bond donors (Lipinski definition) is 1. The first-order chi connectivity index (χ1) is 72.7. The second kappa shape index (κ2) is 53.4. The van der Waals surface area contributed by atoms with Crippen molar-refractivity contribution in [2.75, 3.05) is 132 Å². The lowest BCUT2D eigenvalue weighted by Gasteiger charge is -2.35. The molecule has 4 aliphatic heterocycles. The highest BCUT2D eigenvalue weighted by Gasteiger charge is 2.32. The SMILES string of the molecule is CCCCn1cc(-c2ccc(CO)cc2)c2cc(CN3CCN(Cc4ccccc4Cl)CC3)ccc21.CCCCn1cc(-c2ccc(OC(F)(F)F)cc2)c2c(CN3CCN(CCOc4ccc(Cl)cc4)CC3)cccc21.CCCCn1cc(-c2ccc(OC)nc2)c2cc(CN3CCN(Cc4ccccc4Cl)CC3)ccc21.CCCCn1cc(-c2cnc(OC)nc2)c2cc(CN3CCN(Cc4ccccc4Cl)CC3)ccc21. The van der Waals surface area contributed by atoms with Gasteiger partial charge in [0.25, 0.3) is 0 Å². The normalized spacial score (nSPS) is 15.0. The van der Waals surface area contributed by atoms with E-state index in [-0.39, 0.29) is 12.4 Å². The molecule has 0 aliphatic carbocycles. The van der Waals surface area contributed by atoms with E-state index >= 15 is 0 Å². The monoisotopic (exact) mass is 2090 g/mol. The first kappa shape index (κ1) is 109.